The van der Waals surface area contributed by atoms with E-state index in [1.807, 2.05) is 9.80 Å². The van der Waals surface area contributed by atoms with Gasteiger partial charge in [0.25, 0.3) is 5.56 Å². The van der Waals surface area contributed by atoms with Gasteiger partial charge >= 0.3 is 6.18 Å². The average Bonchev–Trinajstić information content (AvgIpc) is 2.58. The van der Waals surface area contributed by atoms with Crippen molar-refractivity contribution in [2.24, 2.45) is 7.05 Å². The number of rotatable bonds is 2. The summed E-state index contributed by atoms with van der Waals surface area (Å²) in [6, 6.07) is 0.966. The number of piperidine rings is 1. The van der Waals surface area contributed by atoms with Gasteiger partial charge in [-0.3, -0.25) is 4.79 Å². The van der Waals surface area contributed by atoms with Crippen molar-refractivity contribution in [3.63, 3.8) is 0 Å². The minimum atomic E-state index is -4.52. The zero-order valence-corrected chi connectivity index (χ0v) is 15.3. The van der Waals surface area contributed by atoms with Crippen LogP contribution in [-0.2, 0) is 13.2 Å². The third-order valence-electron chi connectivity index (χ3n) is 4.97. The molecule has 2 aromatic rings. The highest BCUT2D eigenvalue weighted by Gasteiger charge is 2.46. The van der Waals surface area contributed by atoms with E-state index in [0.717, 1.165) is 17.2 Å². The summed E-state index contributed by atoms with van der Waals surface area (Å²) in [5.41, 5.74) is -0.777. The number of aryl methyl sites for hydroxylation is 2. The van der Waals surface area contributed by atoms with Crippen LogP contribution in [0.15, 0.2) is 17.1 Å². The predicted molar refractivity (Wildman–Crippen MR) is 93.1 cm³/mol. The molecular formula is C16H16ClF3N6O. The van der Waals surface area contributed by atoms with E-state index in [-0.39, 0.29) is 34.3 Å². The molecule has 0 aliphatic carbocycles. The Morgan fingerprint density at radius 1 is 1.22 bits per heavy atom. The summed E-state index contributed by atoms with van der Waals surface area (Å²) in [5.74, 6) is 0.365. The number of anilines is 2. The zero-order valence-electron chi connectivity index (χ0n) is 14.5. The SMILES string of the molecule is Cc1nc(N2C3CC2CN(c2cnn(C)c(=O)c2Cl)C3)cc(C(F)(F)F)n1. The second-order valence-electron chi connectivity index (χ2n) is 6.78. The van der Waals surface area contributed by atoms with Gasteiger partial charge in [-0.25, -0.2) is 14.6 Å². The van der Waals surface area contributed by atoms with E-state index in [1.54, 1.807) is 0 Å². The first-order valence-electron chi connectivity index (χ1n) is 8.33. The Morgan fingerprint density at radius 2 is 1.89 bits per heavy atom. The minimum absolute atomic E-state index is 0.0146. The highest BCUT2D eigenvalue weighted by Crippen LogP contribution is 2.40. The van der Waals surface area contributed by atoms with Crippen LogP contribution in [0.2, 0.25) is 5.02 Å². The molecular weight excluding hydrogens is 385 g/mol. The summed E-state index contributed by atoms with van der Waals surface area (Å²) >= 11 is 6.17. The van der Waals surface area contributed by atoms with Crippen molar-refractivity contribution in [1.29, 1.82) is 0 Å². The van der Waals surface area contributed by atoms with Crippen LogP contribution >= 0.6 is 11.6 Å². The summed E-state index contributed by atoms with van der Waals surface area (Å²) in [4.78, 5) is 23.5. The number of hydrogen-bond donors (Lipinski definition) is 0. The van der Waals surface area contributed by atoms with Crippen LogP contribution in [0, 0.1) is 6.92 Å². The van der Waals surface area contributed by atoms with Crippen molar-refractivity contribution in [3.8, 4) is 0 Å². The second kappa shape index (κ2) is 6.08. The van der Waals surface area contributed by atoms with Gasteiger partial charge in [0.05, 0.1) is 24.0 Å². The Bertz CT molecular complexity index is 950. The summed E-state index contributed by atoms with van der Waals surface area (Å²) in [6.07, 6.45) is -2.13. The molecule has 3 fully saturated rings. The van der Waals surface area contributed by atoms with Crippen LogP contribution in [0.1, 0.15) is 17.9 Å². The van der Waals surface area contributed by atoms with Gasteiger partial charge in [0.1, 0.15) is 22.4 Å². The molecule has 7 nitrogen and oxygen atoms in total. The first kappa shape index (κ1) is 18.0. The van der Waals surface area contributed by atoms with E-state index in [1.165, 1.54) is 20.2 Å². The largest absolute Gasteiger partial charge is 0.433 e. The summed E-state index contributed by atoms with van der Waals surface area (Å²) in [6.45, 7) is 2.50. The first-order chi connectivity index (χ1) is 12.6. The molecule has 0 aromatic carbocycles. The van der Waals surface area contributed by atoms with E-state index in [9.17, 15) is 18.0 Å². The zero-order chi connectivity index (χ0) is 19.5. The fourth-order valence-corrected chi connectivity index (χ4v) is 4.02. The highest BCUT2D eigenvalue weighted by atomic mass is 35.5. The first-order valence-corrected chi connectivity index (χ1v) is 8.71. The maximum absolute atomic E-state index is 13.1. The van der Waals surface area contributed by atoms with Gasteiger partial charge < -0.3 is 9.80 Å². The van der Waals surface area contributed by atoms with E-state index in [0.29, 0.717) is 18.8 Å². The van der Waals surface area contributed by atoms with Gasteiger partial charge in [0.2, 0.25) is 0 Å². The Morgan fingerprint density at radius 3 is 2.52 bits per heavy atom. The maximum atomic E-state index is 13.1. The van der Waals surface area contributed by atoms with Crippen LogP contribution in [-0.4, -0.2) is 44.9 Å². The molecule has 0 radical (unpaired) electrons. The molecule has 0 amide bonds. The Balaban J connectivity index is 1.60. The van der Waals surface area contributed by atoms with Gasteiger partial charge in [0.15, 0.2) is 0 Å². The third kappa shape index (κ3) is 3.01. The average molecular weight is 401 g/mol. The molecule has 27 heavy (non-hydrogen) atoms. The quantitative estimate of drug-likeness (QED) is 0.768. The number of nitrogens with zero attached hydrogens (tertiary/aromatic N) is 6. The lowest BCUT2D eigenvalue weighted by Gasteiger charge is -2.57. The molecule has 144 valence electrons. The van der Waals surface area contributed by atoms with Gasteiger partial charge in [-0.15, -0.1) is 0 Å². The minimum Gasteiger partial charge on any atom is -0.365 e. The number of alkyl halides is 3. The van der Waals surface area contributed by atoms with Gasteiger partial charge in [-0.1, -0.05) is 11.6 Å². The molecule has 5 rings (SSSR count). The fourth-order valence-electron chi connectivity index (χ4n) is 3.73. The van der Waals surface area contributed by atoms with Crippen LogP contribution < -0.4 is 15.4 Å². The van der Waals surface area contributed by atoms with Gasteiger partial charge in [0, 0.05) is 26.2 Å². The monoisotopic (exact) mass is 400 g/mol. The molecule has 3 aliphatic rings. The molecule has 2 aromatic heterocycles. The van der Waals surface area contributed by atoms with Crippen molar-refractivity contribution in [2.75, 3.05) is 22.9 Å². The molecule has 2 unspecified atom stereocenters. The molecule has 5 heterocycles. The van der Waals surface area contributed by atoms with Gasteiger partial charge in [-0.05, 0) is 13.3 Å². The molecule has 0 spiro atoms. The molecule has 0 saturated carbocycles. The third-order valence-corrected chi connectivity index (χ3v) is 5.33. The molecule has 2 bridgehead atoms. The Hall–Kier alpha value is -2.36. The summed E-state index contributed by atoms with van der Waals surface area (Å²) in [5, 5.41) is 4.10. The smallest absolute Gasteiger partial charge is 0.365 e. The Kier molecular flexibility index (Phi) is 4.06. The lowest BCUT2D eigenvalue weighted by molar-refractivity contribution is -0.141. The highest BCUT2D eigenvalue weighted by molar-refractivity contribution is 6.33. The van der Waals surface area contributed by atoms with Crippen molar-refractivity contribution in [1.82, 2.24) is 19.7 Å². The topological polar surface area (TPSA) is 67.2 Å². The normalized spacial score (nSPS) is 22.0. The molecule has 11 heteroatoms. The lowest BCUT2D eigenvalue weighted by atomic mass is 9.87. The fraction of sp³-hybridized carbons (Fsp3) is 0.500. The summed E-state index contributed by atoms with van der Waals surface area (Å²) in [7, 11) is 1.52. The number of hydrogen-bond acceptors (Lipinski definition) is 6. The predicted octanol–water partition coefficient (Wildman–Crippen LogP) is 2.02. The molecule has 2 atom stereocenters. The van der Waals surface area contributed by atoms with Crippen molar-refractivity contribution >= 4 is 23.1 Å². The van der Waals surface area contributed by atoms with Crippen molar-refractivity contribution < 1.29 is 13.2 Å². The molecule has 3 aliphatic heterocycles. The van der Waals surface area contributed by atoms with Crippen LogP contribution in [0.4, 0.5) is 24.7 Å². The standard InChI is InChI=1S/C16H16ClF3N6O/c1-8-22-12(16(18,19)20)4-13(23-8)26-9-3-10(26)7-25(6-9)11-5-21-24(2)15(27)14(11)17/h4-5,9-10H,3,6-7H2,1-2H3. The van der Waals surface area contributed by atoms with Gasteiger partial charge in [-0.2, -0.15) is 18.3 Å². The van der Waals surface area contributed by atoms with Crippen LogP contribution in [0.5, 0.6) is 0 Å². The number of fused-ring (bicyclic) bond motifs is 2. The Labute approximate surface area is 157 Å². The lowest BCUT2D eigenvalue weighted by Crippen LogP contribution is -2.69. The second-order valence-corrected chi connectivity index (χ2v) is 7.16. The maximum Gasteiger partial charge on any atom is 0.433 e. The van der Waals surface area contributed by atoms with E-state index >= 15 is 0 Å². The van der Waals surface area contributed by atoms with Crippen LogP contribution in [0.25, 0.3) is 0 Å². The van der Waals surface area contributed by atoms with E-state index in [2.05, 4.69) is 15.1 Å². The number of halogens is 4. The molecule has 3 saturated heterocycles. The number of piperazine rings is 1. The van der Waals surface area contributed by atoms with E-state index in [4.69, 9.17) is 11.6 Å². The van der Waals surface area contributed by atoms with Crippen molar-refractivity contribution in [2.45, 2.75) is 31.6 Å². The summed E-state index contributed by atoms with van der Waals surface area (Å²) < 4.78 is 40.3. The molecule has 0 N–H and O–H groups in total. The van der Waals surface area contributed by atoms with Crippen molar-refractivity contribution in [3.05, 3.63) is 39.2 Å². The van der Waals surface area contributed by atoms with Crippen LogP contribution in [0.3, 0.4) is 0 Å². The van der Waals surface area contributed by atoms with E-state index < -0.39 is 11.9 Å². The number of aromatic nitrogens is 4.